The third kappa shape index (κ3) is 3.08. The summed E-state index contributed by atoms with van der Waals surface area (Å²) in [4.78, 5) is 13.2. The quantitative estimate of drug-likeness (QED) is 0.685. The second-order valence-electron chi connectivity index (χ2n) is 5.50. The van der Waals surface area contributed by atoms with Crippen molar-refractivity contribution in [1.82, 2.24) is 15.5 Å². The first-order valence-corrected chi connectivity index (χ1v) is 6.40. The fraction of sp³-hybridized carbons (Fsp3) is 0.462. The number of aliphatic hydroxyl groups is 1. The number of hydrogen-bond acceptors (Lipinski definition) is 4. The summed E-state index contributed by atoms with van der Waals surface area (Å²) in [6.07, 6.45) is -0.987. The smallest absolute Gasteiger partial charge is 0.388 e. The summed E-state index contributed by atoms with van der Waals surface area (Å²) in [5.74, 6) is -1.64. The number of carbonyl (C=O) groups excluding carboxylic acids is 1. The molecule has 0 aromatic rings. The molecule has 2 unspecified atom stereocenters. The van der Waals surface area contributed by atoms with Crippen LogP contribution in [0.15, 0.2) is 36.1 Å². The highest BCUT2D eigenvalue weighted by Gasteiger charge is 2.50. The van der Waals surface area contributed by atoms with Gasteiger partial charge in [0.15, 0.2) is 12.2 Å². The van der Waals surface area contributed by atoms with E-state index in [1.807, 2.05) is 0 Å². The Bertz CT molecular complexity index is 547. The maximum Gasteiger partial charge on any atom is 0.411 e. The fourth-order valence-electron chi connectivity index (χ4n) is 2.20. The number of hydrogen-bond donors (Lipinski definition) is 3. The molecule has 0 aromatic heterocycles. The number of rotatable bonds is 3. The summed E-state index contributed by atoms with van der Waals surface area (Å²) in [5, 5.41) is 13.9. The molecular weight excluding hydrogens is 306 g/mol. The first-order valence-electron chi connectivity index (χ1n) is 6.40. The molecule has 0 radical (unpaired) electrons. The van der Waals surface area contributed by atoms with Gasteiger partial charge in [0.25, 0.3) is 5.91 Å². The molecule has 0 saturated heterocycles. The van der Waals surface area contributed by atoms with Crippen molar-refractivity contribution >= 4 is 5.91 Å². The molecule has 1 amide bonds. The molecule has 0 spiro atoms. The van der Waals surface area contributed by atoms with E-state index < -0.39 is 35.7 Å². The van der Waals surface area contributed by atoms with Crippen LogP contribution in [0.1, 0.15) is 13.8 Å². The van der Waals surface area contributed by atoms with Crippen molar-refractivity contribution in [2.24, 2.45) is 0 Å². The van der Waals surface area contributed by atoms with Gasteiger partial charge in [-0.25, -0.2) is 4.39 Å². The van der Waals surface area contributed by atoms with Crippen LogP contribution >= 0.6 is 0 Å². The Labute approximate surface area is 124 Å². The van der Waals surface area contributed by atoms with Crippen molar-refractivity contribution in [3.63, 3.8) is 0 Å². The van der Waals surface area contributed by atoms with Crippen molar-refractivity contribution < 1.29 is 27.5 Å². The van der Waals surface area contributed by atoms with Gasteiger partial charge in [-0.3, -0.25) is 4.79 Å². The first kappa shape index (κ1) is 16.3. The van der Waals surface area contributed by atoms with Gasteiger partial charge >= 0.3 is 6.18 Å². The lowest BCUT2D eigenvalue weighted by molar-refractivity contribution is -0.197. The number of fused-ring (bicyclic) bond motifs is 1. The Morgan fingerprint density at radius 1 is 1.45 bits per heavy atom. The van der Waals surface area contributed by atoms with Crippen LogP contribution < -0.4 is 10.6 Å². The number of allylic oxidation sites excluding steroid dienone is 3. The summed E-state index contributed by atoms with van der Waals surface area (Å²) in [7, 11) is 0. The summed E-state index contributed by atoms with van der Waals surface area (Å²) < 4.78 is 52.4. The molecular formula is C13H15F4N3O2. The lowest BCUT2D eigenvalue weighted by Crippen LogP contribution is -2.61. The number of nitrogens with zero attached hydrogens (tertiary/aromatic N) is 1. The maximum absolute atomic E-state index is 13.5. The van der Waals surface area contributed by atoms with Crippen LogP contribution in [0.25, 0.3) is 0 Å². The van der Waals surface area contributed by atoms with Gasteiger partial charge in [-0.1, -0.05) is 0 Å². The van der Waals surface area contributed by atoms with Crippen molar-refractivity contribution in [3.05, 3.63) is 36.1 Å². The summed E-state index contributed by atoms with van der Waals surface area (Å²) >= 11 is 0. The number of alkyl halides is 3. The van der Waals surface area contributed by atoms with E-state index in [9.17, 15) is 27.5 Å². The predicted octanol–water partition coefficient (Wildman–Crippen LogP) is 1.26. The molecule has 0 bridgehead atoms. The van der Waals surface area contributed by atoms with Gasteiger partial charge in [0.05, 0.1) is 11.3 Å². The number of nitrogens with one attached hydrogen (secondary N) is 2. The zero-order valence-corrected chi connectivity index (χ0v) is 11.8. The van der Waals surface area contributed by atoms with Crippen LogP contribution in [-0.4, -0.2) is 39.9 Å². The lowest BCUT2D eigenvalue weighted by Gasteiger charge is -2.34. The molecule has 3 N–H and O–H groups in total. The number of amides is 1. The van der Waals surface area contributed by atoms with Crippen LogP contribution in [0.5, 0.6) is 0 Å². The van der Waals surface area contributed by atoms with E-state index in [0.29, 0.717) is 0 Å². The van der Waals surface area contributed by atoms with Gasteiger partial charge in [0.2, 0.25) is 0 Å². The van der Waals surface area contributed by atoms with Crippen LogP contribution in [0.3, 0.4) is 0 Å². The minimum atomic E-state index is -4.83. The summed E-state index contributed by atoms with van der Waals surface area (Å²) in [5.41, 5.74) is -2.15. The molecule has 2 atom stereocenters. The van der Waals surface area contributed by atoms with Crippen molar-refractivity contribution in [1.29, 1.82) is 0 Å². The maximum atomic E-state index is 13.5. The zero-order valence-electron chi connectivity index (χ0n) is 11.8. The fourth-order valence-corrected chi connectivity index (χ4v) is 2.20. The third-order valence-electron chi connectivity index (χ3n) is 3.24. The molecule has 0 aromatic carbocycles. The van der Waals surface area contributed by atoms with E-state index >= 15 is 0 Å². The molecule has 9 heteroatoms. The monoisotopic (exact) mass is 321 g/mol. The topological polar surface area (TPSA) is 64.6 Å². The van der Waals surface area contributed by atoms with E-state index in [1.54, 1.807) is 5.32 Å². The number of carbonyl (C=O) groups is 1. The third-order valence-corrected chi connectivity index (χ3v) is 3.24. The molecule has 22 heavy (non-hydrogen) atoms. The van der Waals surface area contributed by atoms with Crippen molar-refractivity contribution in [2.45, 2.75) is 37.8 Å². The van der Waals surface area contributed by atoms with Gasteiger partial charge in [0, 0.05) is 12.4 Å². The number of halogens is 4. The summed E-state index contributed by atoms with van der Waals surface area (Å²) in [6, 6.07) is -2.45. The minimum Gasteiger partial charge on any atom is -0.388 e. The van der Waals surface area contributed by atoms with E-state index in [1.165, 1.54) is 29.5 Å². The standard InChI is InChI=1S/C13H15F4N3O2/c1-12(2,22)11(13(15,16)17)19-10(21)9-18-6-8-7(14)4-3-5-20(8)9/h3-6,9,11,18,22H,1-2H3,(H,19,21). The molecule has 5 nitrogen and oxygen atoms in total. The first-order chi connectivity index (χ1) is 10.0. The van der Waals surface area contributed by atoms with Crippen molar-refractivity contribution in [3.8, 4) is 0 Å². The molecule has 0 fully saturated rings. The van der Waals surface area contributed by atoms with Gasteiger partial charge in [-0.05, 0) is 26.0 Å². The SMILES string of the molecule is CC(C)(O)C(NC(=O)C1NC=C2C(F)=CC=CN21)C(F)(F)F. The largest absolute Gasteiger partial charge is 0.411 e. The van der Waals surface area contributed by atoms with Gasteiger partial charge in [0.1, 0.15) is 5.83 Å². The molecule has 2 rings (SSSR count). The Morgan fingerprint density at radius 3 is 2.64 bits per heavy atom. The Morgan fingerprint density at radius 2 is 2.09 bits per heavy atom. The highest BCUT2D eigenvalue weighted by atomic mass is 19.4. The van der Waals surface area contributed by atoms with Crippen LogP contribution in [-0.2, 0) is 4.79 Å². The Hall–Kier alpha value is -2.03. The normalized spacial score (nSPS) is 22.5. The van der Waals surface area contributed by atoms with E-state index in [4.69, 9.17) is 0 Å². The molecule has 0 saturated carbocycles. The Balaban J connectivity index is 2.14. The molecule has 2 aliphatic rings. The van der Waals surface area contributed by atoms with Gasteiger partial charge < -0.3 is 20.6 Å². The van der Waals surface area contributed by atoms with Crippen LogP contribution in [0.4, 0.5) is 17.6 Å². The van der Waals surface area contributed by atoms with Gasteiger partial charge in [-0.2, -0.15) is 13.2 Å². The Kier molecular flexibility index (Phi) is 3.94. The molecule has 2 heterocycles. The average molecular weight is 321 g/mol. The highest BCUT2D eigenvalue weighted by molar-refractivity contribution is 5.83. The predicted molar refractivity (Wildman–Crippen MR) is 69.5 cm³/mol. The van der Waals surface area contributed by atoms with Crippen LogP contribution in [0, 0.1) is 0 Å². The van der Waals surface area contributed by atoms with E-state index in [2.05, 4.69) is 5.32 Å². The second kappa shape index (κ2) is 5.31. The molecule has 2 aliphatic heterocycles. The minimum absolute atomic E-state index is 0.0504. The molecule has 122 valence electrons. The molecule has 0 aliphatic carbocycles. The highest BCUT2D eigenvalue weighted by Crippen LogP contribution is 2.30. The van der Waals surface area contributed by atoms with Crippen LogP contribution in [0.2, 0.25) is 0 Å². The van der Waals surface area contributed by atoms with E-state index in [0.717, 1.165) is 13.8 Å². The summed E-state index contributed by atoms with van der Waals surface area (Å²) in [6.45, 7) is 1.89. The zero-order chi connectivity index (χ0) is 16.7. The second-order valence-corrected chi connectivity index (χ2v) is 5.50. The average Bonchev–Trinajstić information content (AvgIpc) is 2.78. The van der Waals surface area contributed by atoms with Gasteiger partial charge in [-0.15, -0.1) is 0 Å². The van der Waals surface area contributed by atoms with E-state index in [-0.39, 0.29) is 5.70 Å². The lowest BCUT2D eigenvalue weighted by atomic mass is 9.98. The van der Waals surface area contributed by atoms with Crippen molar-refractivity contribution in [2.75, 3.05) is 0 Å².